The van der Waals surface area contributed by atoms with Gasteiger partial charge in [-0.15, -0.1) is 11.3 Å². The standard InChI is InChI=1S/C10H9ClN2OS/c1-13-5-4-12-10(13)6-7(14)8-2-3-9(11)15-8/h2-5H,6H2,1H3. The molecule has 2 heterocycles. The average Bonchev–Trinajstić information content (AvgIpc) is 2.77. The molecule has 0 saturated carbocycles. The minimum Gasteiger partial charge on any atom is -0.338 e. The quantitative estimate of drug-likeness (QED) is 0.773. The van der Waals surface area contributed by atoms with Gasteiger partial charge in [0, 0.05) is 19.4 Å². The van der Waals surface area contributed by atoms with Gasteiger partial charge >= 0.3 is 0 Å². The fourth-order valence-electron chi connectivity index (χ4n) is 1.26. The summed E-state index contributed by atoms with van der Waals surface area (Å²) in [5, 5.41) is 0. The average molecular weight is 241 g/mol. The molecular weight excluding hydrogens is 232 g/mol. The van der Waals surface area contributed by atoms with Crippen molar-refractivity contribution in [1.82, 2.24) is 9.55 Å². The Morgan fingerprint density at radius 1 is 1.60 bits per heavy atom. The number of hydrogen-bond donors (Lipinski definition) is 0. The van der Waals surface area contributed by atoms with Crippen LogP contribution in [0.15, 0.2) is 24.5 Å². The van der Waals surface area contributed by atoms with E-state index >= 15 is 0 Å². The van der Waals surface area contributed by atoms with Gasteiger partial charge in [-0.05, 0) is 12.1 Å². The Bertz CT molecular complexity index is 489. The number of nitrogens with zero attached hydrogens (tertiary/aromatic N) is 2. The second-order valence-electron chi connectivity index (χ2n) is 3.16. The fourth-order valence-corrected chi connectivity index (χ4v) is 2.24. The van der Waals surface area contributed by atoms with Crippen molar-refractivity contribution in [3.8, 4) is 0 Å². The first kappa shape index (κ1) is 10.4. The number of rotatable bonds is 3. The van der Waals surface area contributed by atoms with Crippen molar-refractivity contribution >= 4 is 28.7 Å². The zero-order valence-electron chi connectivity index (χ0n) is 8.11. The molecule has 3 nitrogen and oxygen atoms in total. The van der Waals surface area contributed by atoms with Crippen molar-refractivity contribution in [3.05, 3.63) is 39.6 Å². The van der Waals surface area contributed by atoms with E-state index in [1.54, 1.807) is 18.3 Å². The number of hydrogen-bond acceptors (Lipinski definition) is 3. The molecular formula is C10H9ClN2OS. The lowest BCUT2D eigenvalue weighted by Crippen LogP contribution is -2.06. The molecule has 2 aromatic heterocycles. The molecule has 0 aliphatic rings. The smallest absolute Gasteiger partial charge is 0.180 e. The monoisotopic (exact) mass is 240 g/mol. The molecule has 0 radical (unpaired) electrons. The first-order chi connectivity index (χ1) is 7.16. The topological polar surface area (TPSA) is 34.9 Å². The van der Waals surface area contributed by atoms with Crippen LogP contribution in [0.4, 0.5) is 0 Å². The Hall–Kier alpha value is -1.13. The van der Waals surface area contributed by atoms with E-state index in [1.165, 1.54) is 11.3 Å². The predicted molar refractivity (Wildman–Crippen MR) is 60.6 cm³/mol. The highest BCUT2D eigenvalue weighted by atomic mass is 35.5. The largest absolute Gasteiger partial charge is 0.338 e. The number of halogens is 1. The summed E-state index contributed by atoms with van der Waals surface area (Å²) < 4.78 is 2.48. The Morgan fingerprint density at radius 3 is 2.93 bits per heavy atom. The lowest BCUT2D eigenvalue weighted by atomic mass is 10.2. The Labute approximate surface area is 96.3 Å². The third kappa shape index (κ3) is 2.27. The number of ketones is 1. The van der Waals surface area contributed by atoms with Gasteiger partial charge in [0.25, 0.3) is 0 Å². The number of thiophene rings is 1. The molecule has 0 unspecified atom stereocenters. The van der Waals surface area contributed by atoms with Crippen molar-refractivity contribution in [2.45, 2.75) is 6.42 Å². The van der Waals surface area contributed by atoms with Crippen LogP contribution in [0.2, 0.25) is 4.34 Å². The minimum atomic E-state index is 0.0567. The number of carbonyl (C=O) groups is 1. The van der Waals surface area contributed by atoms with Gasteiger partial charge in [-0.3, -0.25) is 4.79 Å². The third-order valence-electron chi connectivity index (χ3n) is 2.09. The van der Waals surface area contributed by atoms with Crippen LogP contribution in [0.3, 0.4) is 0 Å². The predicted octanol–water partition coefficient (Wildman–Crippen LogP) is 2.56. The maximum Gasteiger partial charge on any atom is 0.180 e. The lowest BCUT2D eigenvalue weighted by Gasteiger charge is -1.98. The molecule has 15 heavy (non-hydrogen) atoms. The Morgan fingerprint density at radius 2 is 2.40 bits per heavy atom. The van der Waals surface area contributed by atoms with Gasteiger partial charge in [0.05, 0.1) is 15.6 Å². The maximum absolute atomic E-state index is 11.8. The normalized spacial score (nSPS) is 10.5. The van der Waals surface area contributed by atoms with Crippen LogP contribution in [0.5, 0.6) is 0 Å². The molecule has 0 aromatic carbocycles. The molecule has 0 saturated heterocycles. The first-order valence-corrected chi connectivity index (χ1v) is 5.61. The molecule has 0 N–H and O–H groups in total. The molecule has 0 spiro atoms. The van der Waals surface area contributed by atoms with E-state index in [1.807, 2.05) is 17.8 Å². The molecule has 5 heteroatoms. The van der Waals surface area contributed by atoms with Gasteiger partial charge in [0.2, 0.25) is 0 Å². The van der Waals surface area contributed by atoms with Crippen molar-refractivity contribution in [2.24, 2.45) is 7.05 Å². The van der Waals surface area contributed by atoms with Gasteiger partial charge in [-0.25, -0.2) is 4.98 Å². The van der Waals surface area contributed by atoms with Crippen LogP contribution >= 0.6 is 22.9 Å². The molecule has 2 aromatic rings. The molecule has 0 aliphatic carbocycles. The SMILES string of the molecule is Cn1ccnc1CC(=O)c1ccc(Cl)s1. The summed E-state index contributed by atoms with van der Waals surface area (Å²) in [6.45, 7) is 0. The molecule has 78 valence electrons. The van der Waals surface area contributed by atoms with Crippen LogP contribution < -0.4 is 0 Å². The van der Waals surface area contributed by atoms with Crippen LogP contribution in [0.25, 0.3) is 0 Å². The summed E-state index contributed by atoms with van der Waals surface area (Å²) in [5.41, 5.74) is 0. The van der Waals surface area contributed by atoms with Crippen LogP contribution in [0, 0.1) is 0 Å². The summed E-state index contributed by atoms with van der Waals surface area (Å²) in [7, 11) is 1.87. The molecule has 0 atom stereocenters. The highest BCUT2D eigenvalue weighted by Gasteiger charge is 2.11. The summed E-state index contributed by atoms with van der Waals surface area (Å²) in [6, 6.07) is 3.48. The number of carbonyl (C=O) groups excluding carboxylic acids is 1. The highest BCUT2D eigenvalue weighted by molar-refractivity contribution is 7.18. The second kappa shape index (κ2) is 4.16. The van der Waals surface area contributed by atoms with E-state index in [0.717, 1.165) is 5.82 Å². The van der Waals surface area contributed by atoms with Crippen LogP contribution in [0.1, 0.15) is 15.5 Å². The minimum absolute atomic E-state index is 0.0567. The van der Waals surface area contributed by atoms with Crippen molar-refractivity contribution < 1.29 is 4.79 Å². The van der Waals surface area contributed by atoms with Crippen molar-refractivity contribution in [2.75, 3.05) is 0 Å². The van der Waals surface area contributed by atoms with E-state index < -0.39 is 0 Å². The molecule has 0 amide bonds. The maximum atomic E-state index is 11.8. The Kier molecular flexibility index (Phi) is 2.88. The summed E-state index contributed by atoms with van der Waals surface area (Å²) in [5.74, 6) is 0.825. The van der Waals surface area contributed by atoms with Gasteiger partial charge in [0.15, 0.2) is 5.78 Å². The number of imidazole rings is 1. The number of aryl methyl sites for hydroxylation is 1. The van der Waals surface area contributed by atoms with Crippen LogP contribution in [-0.2, 0) is 13.5 Å². The van der Waals surface area contributed by atoms with Crippen molar-refractivity contribution in [1.29, 1.82) is 0 Å². The summed E-state index contributed by atoms with van der Waals surface area (Å²) in [4.78, 5) is 16.6. The van der Waals surface area contributed by atoms with E-state index in [4.69, 9.17) is 11.6 Å². The fraction of sp³-hybridized carbons (Fsp3) is 0.200. The van der Waals surface area contributed by atoms with Gasteiger partial charge in [0.1, 0.15) is 5.82 Å². The first-order valence-electron chi connectivity index (χ1n) is 4.41. The molecule has 0 aliphatic heterocycles. The second-order valence-corrected chi connectivity index (χ2v) is 4.87. The van der Waals surface area contributed by atoms with E-state index in [-0.39, 0.29) is 5.78 Å². The zero-order valence-corrected chi connectivity index (χ0v) is 9.68. The summed E-state index contributed by atoms with van der Waals surface area (Å²) >= 11 is 7.07. The molecule has 0 fully saturated rings. The van der Waals surface area contributed by atoms with Crippen LogP contribution in [-0.4, -0.2) is 15.3 Å². The summed E-state index contributed by atoms with van der Waals surface area (Å²) in [6.07, 6.45) is 3.83. The zero-order chi connectivity index (χ0) is 10.8. The third-order valence-corrected chi connectivity index (χ3v) is 3.36. The number of Topliss-reactive ketones (excluding diaryl/α,β-unsaturated/α-hetero) is 1. The van der Waals surface area contributed by atoms with Gasteiger partial charge < -0.3 is 4.57 Å². The van der Waals surface area contributed by atoms with Gasteiger partial charge in [-0.1, -0.05) is 11.6 Å². The van der Waals surface area contributed by atoms with E-state index in [0.29, 0.717) is 15.6 Å². The Balaban J connectivity index is 2.14. The molecule has 0 bridgehead atoms. The highest BCUT2D eigenvalue weighted by Crippen LogP contribution is 2.22. The van der Waals surface area contributed by atoms with E-state index in [2.05, 4.69) is 4.98 Å². The van der Waals surface area contributed by atoms with Gasteiger partial charge in [-0.2, -0.15) is 0 Å². The molecule has 2 rings (SSSR count). The van der Waals surface area contributed by atoms with E-state index in [9.17, 15) is 4.79 Å². The van der Waals surface area contributed by atoms with Crippen molar-refractivity contribution in [3.63, 3.8) is 0 Å². The lowest BCUT2D eigenvalue weighted by molar-refractivity contribution is 0.0994. The number of aromatic nitrogens is 2.